The highest BCUT2D eigenvalue weighted by Gasteiger charge is 2.21. The van der Waals surface area contributed by atoms with Gasteiger partial charge < -0.3 is 4.90 Å². The fourth-order valence-corrected chi connectivity index (χ4v) is 3.40. The van der Waals surface area contributed by atoms with Gasteiger partial charge in [-0.05, 0) is 48.4 Å². The highest BCUT2D eigenvalue weighted by atomic mass is 19.1. The number of anilines is 1. The van der Waals surface area contributed by atoms with Crippen LogP contribution < -0.4 is 4.90 Å². The van der Waals surface area contributed by atoms with Crippen LogP contribution >= 0.6 is 0 Å². The summed E-state index contributed by atoms with van der Waals surface area (Å²) in [7, 11) is 0. The van der Waals surface area contributed by atoms with Gasteiger partial charge in [0.2, 0.25) is 0 Å². The van der Waals surface area contributed by atoms with Gasteiger partial charge in [0, 0.05) is 48.1 Å². The lowest BCUT2D eigenvalue weighted by molar-refractivity contribution is 0.585. The standard InChI is InChI=1S/C22H16F2N4/c23-16-5-6-17(19(24)12-16)14-4-7-20-18(11-14)22(28-9-2-10-28)27-21(26-20)15-3-1-8-25-13-15/h1,3-8,11-13H,2,9-10H2. The summed E-state index contributed by atoms with van der Waals surface area (Å²) in [6, 6.07) is 12.9. The van der Waals surface area contributed by atoms with Gasteiger partial charge in [0.05, 0.1) is 5.52 Å². The highest BCUT2D eigenvalue weighted by molar-refractivity contribution is 5.94. The Morgan fingerprint density at radius 1 is 0.893 bits per heavy atom. The predicted molar refractivity (Wildman–Crippen MR) is 105 cm³/mol. The Bertz CT molecular complexity index is 1170. The molecule has 1 aliphatic heterocycles. The lowest BCUT2D eigenvalue weighted by atomic mass is 10.0. The zero-order valence-corrected chi connectivity index (χ0v) is 14.9. The van der Waals surface area contributed by atoms with E-state index in [9.17, 15) is 8.78 Å². The van der Waals surface area contributed by atoms with Crippen molar-refractivity contribution in [3.8, 4) is 22.5 Å². The fraction of sp³-hybridized carbons (Fsp3) is 0.136. The summed E-state index contributed by atoms with van der Waals surface area (Å²) in [6.07, 6.45) is 4.56. The van der Waals surface area contributed by atoms with E-state index in [-0.39, 0.29) is 0 Å². The van der Waals surface area contributed by atoms with Crippen LogP contribution in [0.25, 0.3) is 33.4 Å². The van der Waals surface area contributed by atoms with E-state index in [0.717, 1.165) is 47.9 Å². The molecule has 0 spiro atoms. The topological polar surface area (TPSA) is 41.9 Å². The number of hydrogen-bond donors (Lipinski definition) is 0. The molecule has 0 aliphatic carbocycles. The zero-order valence-electron chi connectivity index (χ0n) is 14.9. The number of benzene rings is 2. The molecule has 1 fully saturated rings. The maximum absolute atomic E-state index is 14.3. The molecule has 0 amide bonds. The van der Waals surface area contributed by atoms with Crippen molar-refractivity contribution in [1.82, 2.24) is 15.0 Å². The maximum Gasteiger partial charge on any atom is 0.163 e. The van der Waals surface area contributed by atoms with Crippen LogP contribution in [0.4, 0.5) is 14.6 Å². The van der Waals surface area contributed by atoms with Crippen molar-refractivity contribution in [2.75, 3.05) is 18.0 Å². The predicted octanol–water partition coefficient (Wildman–Crippen LogP) is 4.85. The minimum atomic E-state index is -0.590. The van der Waals surface area contributed by atoms with Crippen LogP contribution in [0.1, 0.15) is 6.42 Å². The van der Waals surface area contributed by atoms with E-state index in [1.807, 2.05) is 24.3 Å². The van der Waals surface area contributed by atoms with Crippen molar-refractivity contribution in [3.05, 3.63) is 72.6 Å². The second kappa shape index (κ2) is 6.64. The van der Waals surface area contributed by atoms with Crippen molar-refractivity contribution < 1.29 is 8.78 Å². The molecule has 2 aromatic carbocycles. The lowest BCUT2D eigenvalue weighted by Gasteiger charge is -2.33. The summed E-state index contributed by atoms with van der Waals surface area (Å²) in [5.41, 5.74) is 2.65. The van der Waals surface area contributed by atoms with Crippen molar-refractivity contribution in [2.45, 2.75) is 6.42 Å². The third-order valence-corrected chi connectivity index (χ3v) is 4.99. The minimum Gasteiger partial charge on any atom is -0.356 e. The van der Waals surface area contributed by atoms with Crippen LogP contribution in [-0.4, -0.2) is 28.0 Å². The SMILES string of the molecule is Fc1ccc(-c2ccc3nc(-c4cccnc4)nc(N4CCC4)c3c2)c(F)c1. The Morgan fingerprint density at radius 2 is 1.79 bits per heavy atom. The number of halogens is 2. The van der Waals surface area contributed by atoms with E-state index < -0.39 is 11.6 Å². The van der Waals surface area contributed by atoms with E-state index in [4.69, 9.17) is 4.98 Å². The van der Waals surface area contributed by atoms with Crippen LogP contribution in [0, 0.1) is 11.6 Å². The monoisotopic (exact) mass is 374 g/mol. The molecule has 1 saturated heterocycles. The Hall–Kier alpha value is -3.41. The number of hydrogen-bond acceptors (Lipinski definition) is 4. The first-order valence-corrected chi connectivity index (χ1v) is 9.11. The third kappa shape index (κ3) is 2.87. The van der Waals surface area contributed by atoms with Crippen molar-refractivity contribution in [2.24, 2.45) is 0 Å². The fourth-order valence-electron chi connectivity index (χ4n) is 3.40. The van der Waals surface area contributed by atoms with Crippen molar-refractivity contribution in [1.29, 1.82) is 0 Å². The van der Waals surface area contributed by atoms with Crippen LogP contribution in [0.15, 0.2) is 60.9 Å². The summed E-state index contributed by atoms with van der Waals surface area (Å²) in [6.45, 7) is 1.85. The van der Waals surface area contributed by atoms with E-state index in [1.165, 1.54) is 12.1 Å². The van der Waals surface area contributed by atoms with Gasteiger partial charge in [-0.15, -0.1) is 0 Å². The summed E-state index contributed by atoms with van der Waals surface area (Å²) in [5.74, 6) is 0.271. The Morgan fingerprint density at radius 3 is 2.50 bits per heavy atom. The molecule has 1 aliphatic rings. The molecule has 6 heteroatoms. The number of nitrogens with zero attached hydrogens (tertiary/aromatic N) is 4. The van der Waals surface area contributed by atoms with Crippen LogP contribution in [0.5, 0.6) is 0 Å². The van der Waals surface area contributed by atoms with E-state index >= 15 is 0 Å². The summed E-state index contributed by atoms with van der Waals surface area (Å²) >= 11 is 0. The quantitative estimate of drug-likeness (QED) is 0.514. The first kappa shape index (κ1) is 16.7. The average molecular weight is 374 g/mol. The summed E-state index contributed by atoms with van der Waals surface area (Å²) < 4.78 is 27.5. The molecule has 0 N–H and O–H groups in total. The Kier molecular flexibility index (Phi) is 3.97. The van der Waals surface area contributed by atoms with Crippen LogP contribution in [0.3, 0.4) is 0 Å². The smallest absolute Gasteiger partial charge is 0.163 e. The molecule has 4 aromatic rings. The minimum absolute atomic E-state index is 0.356. The maximum atomic E-state index is 14.3. The molecule has 0 bridgehead atoms. The van der Waals surface area contributed by atoms with Gasteiger partial charge in [-0.1, -0.05) is 6.07 Å². The lowest BCUT2D eigenvalue weighted by Crippen LogP contribution is -2.37. The largest absolute Gasteiger partial charge is 0.356 e. The molecule has 4 nitrogen and oxygen atoms in total. The third-order valence-electron chi connectivity index (χ3n) is 4.99. The molecule has 0 radical (unpaired) electrons. The van der Waals surface area contributed by atoms with Gasteiger partial charge in [0.15, 0.2) is 5.82 Å². The van der Waals surface area contributed by atoms with Crippen LogP contribution in [0.2, 0.25) is 0 Å². The molecule has 3 heterocycles. The Balaban J connectivity index is 1.70. The molecule has 2 aromatic heterocycles. The second-order valence-corrected chi connectivity index (χ2v) is 6.81. The molecular weight excluding hydrogens is 358 g/mol. The first-order valence-electron chi connectivity index (χ1n) is 9.11. The molecular formula is C22H16F2N4. The molecule has 0 saturated carbocycles. The van der Waals surface area contributed by atoms with E-state index in [0.29, 0.717) is 17.0 Å². The van der Waals surface area contributed by atoms with Gasteiger partial charge in [0.25, 0.3) is 0 Å². The van der Waals surface area contributed by atoms with Gasteiger partial charge in [0.1, 0.15) is 17.5 Å². The number of rotatable bonds is 3. The number of pyridine rings is 1. The Labute approximate surface area is 160 Å². The van der Waals surface area contributed by atoms with Gasteiger partial charge in [-0.25, -0.2) is 18.7 Å². The van der Waals surface area contributed by atoms with Gasteiger partial charge in [-0.3, -0.25) is 4.98 Å². The van der Waals surface area contributed by atoms with E-state index in [1.54, 1.807) is 18.5 Å². The summed E-state index contributed by atoms with van der Waals surface area (Å²) in [4.78, 5) is 15.8. The molecule has 0 atom stereocenters. The second-order valence-electron chi connectivity index (χ2n) is 6.81. The van der Waals surface area contributed by atoms with Gasteiger partial charge >= 0.3 is 0 Å². The van der Waals surface area contributed by atoms with Crippen molar-refractivity contribution in [3.63, 3.8) is 0 Å². The number of aromatic nitrogens is 3. The average Bonchev–Trinajstić information content (AvgIpc) is 2.67. The first-order chi connectivity index (χ1) is 13.7. The van der Waals surface area contributed by atoms with Crippen molar-refractivity contribution >= 4 is 16.7 Å². The van der Waals surface area contributed by atoms with E-state index in [2.05, 4.69) is 14.9 Å². The number of fused-ring (bicyclic) bond motifs is 1. The molecule has 138 valence electrons. The molecule has 0 unspecified atom stereocenters. The molecule has 28 heavy (non-hydrogen) atoms. The van der Waals surface area contributed by atoms with Crippen LogP contribution in [-0.2, 0) is 0 Å². The normalized spacial score (nSPS) is 13.6. The summed E-state index contributed by atoms with van der Waals surface area (Å²) in [5, 5.41) is 0.855. The zero-order chi connectivity index (χ0) is 19.1. The molecule has 5 rings (SSSR count). The highest BCUT2D eigenvalue weighted by Crippen LogP contribution is 2.33. The van der Waals surface area contributed by atoms with Gasteiger partial charge in [-0.2, -0.15) is 0 Å².